The van der Waals surface area contributed by atoms with E-state index in [-0.39, 0.29) is 30.6 Å². The van der Waals surface area contributed by atoms with Gasteiger partial charge in [-0.25, -0.2) is 4.39 Å². The lowest BCUT2D eigenvalue weighted by molar-refractivity contribution is 0.0571. The summed E-state index contributed by atoms with van der Waals surface area (Å²) in [6.07, 6.45) is 3.97. The first-order valence-corrected chi connectivity index (χ1v) is 9.17. The molecule has 0 spiro atoms. The van der Waals surface area contributed by atoms with Gasteiger partial charge in [-0.15, -0.1) is 0 Å². The summed E-state index contributed by atoms with van der Waals surface area (Å²) in [4.78, 5) is 15.2. The lowest BCUT2D eigenvalue weighted by Gasteiger charge is -2.39. The first-order chi connectivity index (χ1) is 12.7. The second-order valence-corrected chi connectivity index (χ2v) is 7.39. The molecule has 2 aromatic rings. The number of rotatable bonds is 2. The standard InChI is InChI=1S/C21H20FNO3/c22-16-4-1-13(2-5-16)15-9-17-6-7-18(10-15)23(17)21(24)14-3-8-19-20(11-14)26-12-25-19/h1-5,8,11,15,17-18H,6-7,9-10,12H2. The summed E-state index contributed by atoms with van der Waals surface area (Å²) in [5.74, 6) is 1.61. The van der Waals surface area contributed by atoms with E-state index in [4.69, 9.17) is 9.47 Å². The minimum atomic E-state index is -0.202. The van der Waals surface area contributed by atoms with Crippen LogP contribution in [-0.2, 0) is 0 Å². The molecule has 4 nitrogen and oxygen atoms in total. The van der Waals surface area contributed by atoms with Crippen molar-refractivity contribution in [2.75, 3.05) is 6.79 Å². The van der Waals surface area contributed by atoms with Crippen molar-refractivity contribution in [3.63, 3.8) is 0 Å². The van der Waals surface area contributed by atoms with Gasteiger partial charge in [-0.05, 0) is 67.5 Å². The van der Waals surface area contributed by atoms with E-state index < -0.39 is 0 Å². The number of hydrogen-bond acceptors (Lipinski definition) is 3. The van der Waals surface area contributed by atoms with Crippen molar-refractivity contribution >= 4 is 5.91 Å². The van der Waals surface area contributed by atoms with Crippen LogP contribution in [0, 0.1) is 5.82 Å². The number of benzene rings is 2. The molecule has 0 radical (unpaired) electrons. The Morgan fingerprint density at radius 2 is 1.65 bits per heavy atom. The SMILES string of the molecule is O=C(c1ccc2c(c1)OCO2)N1C2CCC1CC(c1ccc(F)cc1)C2. The Bertz CT molecular complexity index is 837. The van der Waals surface area contributed by atoms with Crippen LogP contribution in [0.4, 0.5) is 4.39 Å². The van der Waals surface area contributed by atoms with E-state index in [1.807, 2.05) is 24.3 Å². The lowest BCUT2D eigenvalue weighted by Crippen LogP contribution is -2.46. The highest BCUT2D eigenvalue weighted by Gasteiger charge is 2.43. The quantitative estimate of drug-likeness (QED) is 0.816. The number of carbonyl (C=O) groups is 1. The van der Waals surface area contributed by atoms with Crippen molar-refractivity contribution in [2.24, 2.45) is 0 Å². The third kappa shape index (κ3) is 2.54. The number of nitrogens with zero attached hydrogens (tertiary/aromatic N) is 1. The second kappa shape index (κ2) is 6.01. The van der Waals surface area contributed by atoms with Gasteiger partial charge in [0.2, 0.25) is 6.79 Å². The van der Waals surface area contributed by atoms with Crippen molar-refractivity contribution in [1.82, 2.24) is 4.90 Å². The van der Waals surface area contributed by atoms with Gasteiger partial charge in [0.15, 0.2) is 11.5 Å². The summed E-state index contributed by atoms with van der Waals surface area (Å²) in [7, 11) is 0. The van der Waals surface area contributed by atoms with E-state index in [2.05, 4.69) is 4.90 Å². The number of hydrogen-bond donors (Lipinski definition) is 0. The highest BCUT2D eigenvalue weighted by Crippen LogP contribution is 2.44. The van der Waals surface area contributed by atoms with E-state index in [1.165, 1.54) is 17.7 Å². The van der Waals surface area contributed by atoms with Crippen molar-refractivity contribution in [3.8, 4) is 11.5 Å². The van der Waals surface area contributed by atoms with Gasteiger partial charge in [-0.1, -0.05) is 12.1 Å². The van der Waals surface area contributed by atoms with E-state index in [1.54, 1.807) is 6.07 Å². The van der Waals surface area contributed by atoms with Gasteiger partial charge < -0.3 is 14.4 Å². The fraction of sp³-hybridized carbons (Fsp3) is 0.381. The molecule has 2 saturated heterocycles. The van der Waals surface area contributed by atoms with E-state index in [0.29, 0.717) is 23.0 Å². The van der Waals surface area contributed by atoms with Gasteiger partial charge in [0.05, 0.1) is 0 Å². The maximum absolute atomic E-state index is 13.2. The predicted molar refractivity (Wildman–Crippen MR) is 93.9 cm³/mol. The molecule has 3 aliphatic heterocycles. The van der Waals surface area contributed by atoms with Gasteiger partial charge in [0.25, 0.3) is 5.91 Å². The fourth-order valence-electron chi connectivity index (χ4n) is 4.69. The van der Waals surface area contributed by atoms with Gasteiger partial charge in [-0.2, -0.15) is 0 Å². The van der Waals surface area contributed by atoms with Crippen LogP contribution in [0.2, 0.25) is 0 Å². The minimum Gasteiger partial charge on any atom is -0.454 e. The molecule has 3 heterocycles. The summed E-state index contributed by atoms with van der Waals surface area (Å²) in [6, 6.07) is 12.7. The monoisotopic (exact) mass is 353 g/mol. The molecule has 2 atom stereocenters. The number of amides is 1. The molecule has 5 rings (SSSR count). The van der Waals surface area contributed by atoms with Crippen LogP contribution in [0.5, 0.6) is 11.5 Å². The number of halogens is 1. The van der Waals surface area contributed by atoms with E-state index in [9.17, 15) is 9.18 Å². The van der Waals surface area contributed by atoms with Crippen molar-refractivity contribution in [3.05, 3.63) is 59.4 Å². The molecule has 1 amide bonds. The van der Waals surface area contributed by atoms with Crippen molar-refractivity contribution in [1.29, 1.82) is 0 Å². The first kappa shape index (κ1) is 15.7. The van der Waals surface area contributed by atoms with Crippen LogP contribution in [0.15, 0.2) is 42.5 Å². The third-order valence-electron chi connectivity index (χ3n) is 5.93. The summed E-state index contributed by atoms with van der Waals surface area (Å²) >= 11 is 0. The Hall–Kier alpha value is -2.56. The maximum atomic E-state index is 13.2. The van der Waals surface area contributed by atoms with Crippen LogP contribution in [-0.4, -0.2) is 29.7 Å². The minimum absolute atomic E-state index is 0.0772. The van der Waals surface area contributed by atoms with Gasteiger partial charge in [0.1, 0.15) is 5.82 Å². The molecule has 134 valence electrons. The lowest BCUT2D eigenvalue weighted by atomic mass is 9.85. The summed E-state index contributed by atoms with van der Waals surface area (Å²) in [6.45, 7) is 0.210. The van der Waals surface area contributed by atoms with Gasteiger partial charge in [-0.3, -0.25) is 4.79 Å². The van der Waals surface area contributed by atoms with E-state index in [0.717, 1.165) is 25.7 Å². The molecular formula is C21H20FNO3. The van der Waals surface area contributed by atoms with Crippen LogP contribution in [0.1, 0.15) is 47.5 Å². The van der Waals surface area contributed by atoms with Crippen molar-refractivity contribution in [2.45, 2.75) is 43.7 Å². The van der Waals surface area contributed by atoms with E-state index >= 15 is 0 Å². The Morgan fingerprint density at radius 1 is 0.962 bits per heavy atom. The zero-order valence-electron chi connectivity index (χ0n) is 14.4. The largest absolute Gasteiger partial charge is 0.454 e. The number of piperidine rings is 1. The zero-order valence-corrected chi connectivity index (χ0v) is 14.4. The molecule has 0 saturated carbocycles. The second-order valence-electron chi connectivity index (χ2n) is 7.39. The van der Waals surface area contributed by atoms with Gasteiger partial charge >= 0.3 is 0 Å². The number of carbonyl (C=O) groups excluding carboxylic acids is 1. The van der Waals surface area contributed by atoms with Gasteiger partial charge in [0, 0.05) is 17.6 Å². The first-order valence-electron chi connectivity index (χ1n) is 9.17. The molecule has 3 aliphatic rings. The highest BCUT2D eigenvalue weighted by molar-refractivity contribution is 5.95. The molecular weight excluding hydrogens is 333 g/mol. The average molecular weight is 353 g/mol. The number of fused-ring (bicyclic) bond motifs is 3. The molecule has 0 aliphatic carbocycles. The molecule has 2 fully saturated rings. The predicted octanol–water partition coefficient (Wildman–Crippen LogP) is 4.11. The third-order valence-corrected chi connectivity index (χ3v) is 5.93. The highest BCUT2D eigenvalue weighted by atomic mass is 19.1. The average Bonchev–Trinajstić information content (AvgIpc) is 3.23. The molecule has 2 unspecified atom stereocenters. The summed E-state index contributed by atoms with van der Waals surface area (Å²) in [5, 5.41) is 0. The van der Waals surface area contributed by atoms with Crippen LogP contribution in [0.3, 0.4) is 0 Å². The Morgan fingerprint density at radius 3 is 2.38 bits per heavy atom. The molecule has 2 aromatic carbocycles. The molecule has 26 heavy (non-hydrogen) atoms. The summed E-state index contributed by atoms with van der Waals surface area (Å²) < 4.78 is 23.9. The molecule has 0 N–H and O–H groups in total. The van der Waals surface area contributed by atoms with Crippen LogP contribution >= 0.6 is 0 Å². The summed E-state index contributed by atoms with van der Waals surface area (Å²) in [5.41, 5.74) is 1.84. The fourth-order valence-corrected chi connectivity index (χ4v) is 4.69. The molecule has 5 heteroatoms. The molecule has 0 aromatic heterocycles. The normalized spacial score (nSPS) is 26.2. The molecule has 2 bridgehead atoms. The van der Waals surface area contributed by atoms with Crippen LogP contribution < -0.4 is 9.47 Å². The van der Waals surface area contributed by atoms with Crippen LogP contribution in [0.25, 0.3) is 0 Å². The van der Waals surface area contributed by atoms with Crippen molar-refractivity contribution < 1.29 is 18.7 Å². The number of ether oxygens (including phenoxy) is 2. The Kier molecular flexibility index (Phi) is 3.62. The Balaban J connectivity index is 1.37. The zero-order chi connectivity index (χ0) is 17.7. The topological polar surface area (TPSA) is 38.8 Å². The Labute approximate surface area is 151 Å². The maximum Gasteiger partial charge on any atom is 0.254 e. The smallest absolute Gasteiger partial charge is 0.254 e.